The Morgan fingerprint density at radius 2 is 1.77 bits per heavy atom. The fourth-order valence-electron chi connectivity index (χ4n) is 6.41. The van der Waals surface area contributed by atoms with Gasteiger partial charge in [-0.15, -0.1) is 0 Å². The summed E-state index contributed by atoms with van der Waals surface area (Å²) in [6, 6.07) is 12.8. The van der Waals surface area contributed by atoms with E-state index in [1.165, 1.54) is 6.20 Å². The third-order valence-corrected chi connectivity index (χ3v) is 8.30. The third kappa shape index (κ3) is 4.78. The van der Waals surface area contributed by atoms with E-state index in [2.05, 4.69) is 20.4 Å². The summed E-state index contributed by atoms with van der Waals surface area (Å²) in [6.45, 7) is -0.764. The van der Waals surface area contributed by atoms with Crippen LogP contribution in [0.15, 0.2) is 73.2 Å². The van der Waals surface area contributed by atoms with Crippen LogP contribution in [0.1, 0.15) is 53.0 Å². The van der Waals surface area contributed by atoms with Crippen molar-refractivity contribution in [2.24, 2.45) is 5.92 Å². The highest BCUT2D eigenvalue weighted by Gasteiger charge is 2.67. The third-order valence-electron chi connectivity index (χ3n) is 8.30. The summed E-state index contributed by atoms with van der Waals surface area (Å²) in [4.78, 5) is 22.2. The lowest BCUT2D eigenvalue weighted by Gasteiger charge is -2.23. The minimum absolute atomic E-state index is 0.0938. The molecule has 3 unspecified atom stereocenters. The summed E-state index contributed by atoms with van der Waals surface area (Å²) in [7, 11) is 0. The smallest absolute Gasteiger partial charge is 0.293 e. The van der Waals surface area contributed by atoms with E-state index in [1.54, 1.807) is 24.5 Å². The minimum Gasteiger partial charge on any atom is -0.346 e. The van der Waals surface area contributed by atoms with Gasteiger partial charge in [-0.3, -0.25) is 19.4 Å². The standard InChI is InChI=1S/C32H23F6N5O/c33-18-9-16(10-19(34)12-18)11-25(28-22(5-2-7-40-28)21-4-1-3-17-14-39-8-6-20(17)21)41-26(44)15-43-30-27(29(42-43)31(35)36)23-13-24(23)32(30,37)38/h1-10,12,14,23-25,31H,11,13,15H2,(H,41,44). The second-order valence-electron chi connectivity index (χ2n) is 11.1. The highest BCUT2D eigenvalue weighted by atomic mass is 19.3. The molecule has 3 atom stereocenters. The van der Waals surface area contributed by atoms with E-state index in [0.717, 1.165) is 34.5 Å². The normalized spacial score (nSPS) is 18.7. The van der Waals surface area contributed by atoms with Gasteiger partial charge in [0.15, 0.2) is 0 Å². The summed E-state index contributed by atoms with van der Waals surface area (Å²) < 4.78 is 86.7. The Balaban J connectivity index is 1.27. The molecule has 1 amide bonds. The number of amides is 1. The second-order valence-corrected chi connectivity index (χ2v) is 11.1. The van der Waals surface area contributed by atoms with Crippen LogP contribution in [0.2, 0.25) is 0 Å². The average molecular weight is 608 g/mol. The number of hydrogen-bond donors (Lipinski definition) is 1. The van der Waals surface area contributed by atoms with Crippen molar-refractivity contribution < 1.29 is 31.1 Å². The van der Waals surface area contributed by atoms with Gasteiger partial charge in [0.2, 0.25) is 5.91 Å². The van der Waals surface area contributed by atoms with E-state index < -0.39 is 65.7 Å². The van der Waals surface area contributed by atoms with Crippen molar-refractivity contribution in [3.8, 4) is 11.1 Å². The molecule has 2 aliphatic rings. The van der Waals surface area contributed by atoms with E-state index in [1.807, 2.05) is 24.3 Å². The average Bonchev–Trinajstić information content (AvgIpc) is 3.64. The highest BCUT2D eigenvalue weighted by Crippen LogP contribution is 2.68. The molecule has 2 aliphatic carbocycles. The number of benzene rings is 2. The van der Waals surface area contributed by atoms with Gasteiger partial charge in [-0.2, -0.15) is 13.9 Å². The number of carbonyl (C=O) groups is 1. The van der Waals surface area contributed by atoms with Gasteiger partial charge in [0.05, 0.1) is 11.7 Å². The molecule has 0 spiro atoms. The molecule has 1 saturated carbocycles. The van der Waals surface area contributed by atoms with Gasteiger partial charge in [0.1, 0.15) is 29.6 Å². The van der Waals surface area contributed by atoms with Crippen molar-refractivity contribution in [3.63, 3.8) is 0 Å². The zero-order valence-corrected chi connectivity index (χ0v) is 22.8. The van der Waals surface area contributed by atoms with Crippen LogP contribution in [-0.2, 0) is 23.7 Å². The first kappa shape index (κ1) is 28.1. The molecule has 0 bridgehead atoms. The number of hydrogen-bond acceptors (Lipinski definition) is 4. The van der Waals surface area contributed by atoms with Crippen LogP contribution in [0, 0.1) is 17.6 Å². The molecule has 1 fully saturated rings. The summed E-state index contributed by atoms with van der Waals surface area (Å²) in [5.74, 6) is -7.63. The van der Waals surface area contributed by atoms with Gasteiger partial charge in [0.25, 0.3) is 12.3 Å². The van der Waals surface area contributed by atoms with Crippen LogP contribution in [0.4, 0.5) is 26.3 Å². The van der Waals surface area contributed by atoms with Gasteiger partial charge in [-0.05, 0) is 59.5 Å². The number of carbonyl (C=O) groups excluding carboxylic acids is 1. The quantitative estimate of drug-likeness (QED) is 0.193. The number of rotatable bonds is 8. The summed E-state index contributed by atoms with van der Waals surface area (Å²) in [5, 5.41) is 8.17. The molecule has 1 N–H and O–H groups in total. The summed E-state index contributed by atoms with van der Waals surface area (Å²) in [5.41, 5.74) is 0.351. The first-order valence-electron chi connectivity index (χ1n) is 13.9. The number of halogens is 6. The fourth-order valence-corrected chi connectivity index (χ4v) is 6.41. The molecule has 2 aromatic carbocycles. The molecular weight excluding hydrogens is 584 g/mol. The first-order valence-corrected chi connectivity index (χ1v) is 13.9. The van der Waals surface area contributed by atoms with Crippen LogP contribution < -0.4 is 5.32 Å². The van der Waals surface area contributed by atoms with E-state index in [4.69, 9.17) is 0 Å². The van der Waals surface area contributed by atoms with Crippen molar-refractivity contribution in [2.75, 3.05) is 0 Å². The number of aromatic nitrogens is 4. The number of nitrogens with one attached hydrogen (secondary N) is 1. The lowest BCUT2D eigenvalue weighted by atomic mass is 9.93. The Labute approximate surface area is 246 Å². The van der Waals surface area contributed by atoms with E-state index in [9.17, 15) is 22.4 Å². The lowest BCUT2D eigenvalue weighted by Crippen LogP contribution is -2.35. The number of alkyl halides is 4. The molecule has 0 saturated heterocycles. The Morgan fingerprint density at radius 3 is 2.55 bits per heavy atom. The number of nitrogens with zero attached hydrogens (tertiary/aromatic N) is 4. The van der Waals surface area contributed by atoms with Crippen molar-refractivity contribution in [2.45, 2.75) is 43.7 Å². The maximum absolute atomic E-state index is 15.1. The van der Waals surface area contributed by atoms with Gasteiger partial charge < -0.3 is 5.32 Å². The van der Waals surface area contributed by atoms with Crippen LogP contribution >= 0.6 is 0 Å². The highest BCUT2D eigenvalue weighted by molar-refractivity contribution is 5.96. The maximum Gasteiger partial charge on any atom is 0.293 e. The molecule has 0 aliphatic heterocycles. The summed E-state index contributed by atoms with van der Waals surface area (Å²) >= 11 is 0. The van der Waals surface area contributed by atoms with Gasteiger partial charge >= 0.3 is 0 Å². The molecule has 3 aromatic heterocycles. The Hall–Kier alpha value is -4.74. The van der Waals surface area contributed by atoms with Gasteiger partial charge in [-0.1, -0.05) is 24.3 Å². The molecule has 7 rings (SSSR count). The van der Waals surface area contributed by atoms with Crippen LogP contribution in [0.25, 0.3) is 21.9 Å². The van der Waals surface area contributed by atoms with Crippen LogP contribution in [0.3, 0.4) is 0 Å². The zero-order valence-electron chi connectivity index (χ0n) is 22.8. The van der Waals surface area contributed by atoms with Crippen molar-refractivity contribution >= 4 is 16.7 Å². The van der Waals surface area contributed by atoms with E-state index >= 15 is 8.78 Å². The molecule has 224 valence electrons. The fraction of sp³-hybridized carbons (Fsp3) is 0.250. The number of fused-ring (bicyclic) bond motifs is 4. The Morgan fingerprint density at radius 1 is 1.00 bits per heavy atom. The Kier molecular flexibility index (Phi) is 6.67. The molecule has 0 radical (unpaired) electrons. The van der Waals surface area contributed by atoms with Crippen molar-refractivity contribution in [3.05, 3.63) is 113 Å². The van der Waals surface area contributed by atoms with Crippen LogP contribution in [-0.4, -0.2) is 25.7 Å². The molecule has 3 heterocycles. The van der Waals surface area contributed by atoms with Crippen molar-refractivity contribution in [1.29, 1.82) is 0 Å². The van der Waals surface area contributed by atoms with Crippen LogP contribution in [0.5, 0.6) is 0 Å². The molecule has 6 nitrogen and oxygen atoms in total. The predicted octanol–water partition coefficient (Wildman–Crippen LogP) is 7.02. The minimum atomic E-state index is -3.39. The second kappa shape index (κ2) is 10.5. The SMILES string of the molecule is O=C(Cn1nc(C(F)F)c2c1C(F)(F)C1CC21)NC(Cc1cc(F)cc(F)c1)c1ncccc1-c1cccc2cnccc12. The maximum atomic E-state index is 15.1. The molecular formula is C32H23F6N5O. The first-order chi connectivity index (χ1) is 21.1. The molecule has 5 aromatic rings. The van der Waals surface area contributed by atoms with Crippen molar-refractivity contribution in [1.82, 2.24) is 25.1 Å². The van der Waals surface area contributed by atoms with Gasteiger partial charge in [-0.25, -0.2) is 17.6 Å². The van der Waals surface area contributed by atoms with E-state index in [-0.39, 0.29) is 24.0 Å². The predicted molar refractivity (Wildman–Crippen MR) is 148 cm³/mol. The van der Waals surface area contributed by atoms with Gasteiger partial charge in [0, 0.05) is 47.1 Å². The topological polar surface area (TPSA) is 72.7 Å². The zero-order chi connectivity index (χ0) is 30.7. The lowest BCUT2D eigenvalue weighted by molar-refractivity contribution is -0.123. The molecule has 44 heavy (non-hydrogen) atoms. The summed E-state index contributed by atoms with van der Waals surface area (Å²) in [6.07, 6.45) is 1.73. The van der Waals surface area contributed by atoms with E-state index in [0.29, 0.717) is 15.9 Å². The Bertz CT molecular complexity index is 1900. The largest absolute Gasteiger partial charge is 0.346 e. The molecule has 12 heteroatoms. The monoisotopic (exact) mass is 607 g/mol. The number of pyridine rings is 2.